The monoisotopic (exact) mass is 875 g/mol. The van der Waals surface area contributed by atoms with E-state index in [9.17, 15) is 0 Å². The molecular formula is C63H45N3O2. The van der Waals surface area contributed by atoms with E-state index in [1.165, 1.54) is 55.6 Å². The van der Waals surface area contributed by atoms with Crippen molar-refractivity contribution in [2.45, 2.75) is 38.0 Å². The van der Waals surface area contributed by atoms with E-state index in [1.807, 2.05) is 36.4 Å². The molecule has 0 aliphatic heterocycles. The first-order valence-electron chi connectivity index (χ1n) is 23.6. The molecule has 0 saturated carbocycles. The summed E-state index contributed by atoms with van der Waals surface area (Å²) in [6.07, 6.45) is 1.49. The average Bonchev–Trinajstić information content (AvgIpc) is 4.06. The Bertz CT molecular complexity index is 3860. The number of rotatable bonds is 9. The summed E-state index contributed by atoms with van der Waals surface area (Å²) in [5.41, 5.74) is 17.1. The smallest absolute Gasteiger partial charge is 0.167 e. The van der Waals surface area contributed by atoms with Crippen LogP contribution in [-0.4, -0.2) is 15.0 Å². The van der Waals surface area contributed by atoms with Gasteiger partial charge in [-0.15, -0.1) is 0 Å². The second-order valence-corrected chi connectivity index (χ2v) is 18.1. The Morgan fingerprint density at radius 2 is 1.04 bits per heavy atom. The lowest BCUT2D eigenvalue weighted by atomic mass is 9.67. The molecule has 324 valence electrons. The summed E-state index contributed by atoms with van der Waals surface area (Å²) < 4.78 is 12.9. The third-order valence-corrected chi connectivity index (χ3v) is 14.4. The second kappa shape index (κ2) is 15.9. The largest absolute Gasteiger partial charge is 0.456 e. The molecule has 68 heavy (non-hydrogen) atoms. The van der Waals surface area contributed by atoms with Crippen LogP contribution < -0.4 is 0 Å². The zero-order valence-electron chi connectivity index (χ0n) is 37.8. The molecule has 1 unspecified atom stereocenters. The highest BCUT2D eigenvalue weighted by molar-refractivity contribution is 6.09. The SMILES string of the molecule is CCC(Cc1nc(-c2ccc3c(c2)oc2ccccc23)nc(-c2cccc3c2oc2ccccc23)n1)c1ccccc1-c1cc2c(cc1C)C(c1ccccc1)(c1ccccc1)c1ccccc1-2. The fourth-order valence-electron chi connectivity index (χ4n) is 11.2. The van der Waals surface area contributed by atoms with Gasteiger partial charge in [0.05, 0.1) is 11.0 Å². The topological polar surface area (TPSA) is 65.0 Å². The van der Waals surface area contributed by atoms with E-state index in [4.69, 9.17) is 23.8 Å². The van der Waals surface area contributed by atoms with Crippen LogP contribution in [0.15, 0.2) is 215 Å². The maximum Gasteiger partial charge on any atom is 0.167 e. The second-order valence-electron chi connectivity index (χ2n) is 18.1. The molecule has 0 spiro atoms. The van der Waals surface area contributed by atoms with Crippen LogP contribution in [0.4, 0.5) is 0 Å². The molecule has 5 nitrogen and oxygen atoms in total. The number of hydrogen-bond acceptors (Lipinski definition) is 5. The Hall–Kier alpha value is -8.41. The maximum atomic E-state index is 6.56. The number of hydrogen-bond donors (Lipinski definition) is 0. The summed E-state index contributed by atoms with van der Waals surface area (Å²) in [4.78, 5) is 15.8. The minimum Gasteiger partial charge on any atom is -0.456 e. The highest BCUT2D eigenvalue weighted by atomic mass is 16.3. The Morgan fingerprint density at radius 3 is 1.81 bits per heavy atom. The van der Waals surface area contributed by atoms with Gasteiger partial charge >= 0.3 is 0 Å². The van der Waals surface area contributed by atoms with Gasteiger partial charge in [0.1, 0.15) is 28.2 Å². The average molecular weight is 876 g/mol. The van der Waals surface area contributed by atoms with Gasteiger partial charge in [0, 0.05) is 33.5 Å². The Morgan fingerprint density at radius 1 is 0.441 bits per heavy atom. The molecule has 5 heteroatoms. The summed E-state index contributed by atoms with van der Waals surface area (Å²) in [5.74, 6) is 1.99. The summed E-state index contributed by atoms with van der Waals surface area (Å²) in [7, 11) is 0. The first-order valence-corrected chi connectivity index (χ1v) is 23.6. The minimum atomic E-state index is -0.459. The van der Waals surface area contributed by atoms with Gasteiger partial charge in [0.25, 0.3) is 0 Å². The Balaban J connectivity index is 0.952. The quantitative estimate of drug-likeness (QED) is 0.145. The van der Waals surface area contributed by atoms with Crippen molar-refractivity contribution in [2.75, 3.05) is 0 Å². The molecule has 0 saturated heterocycles. The van der Waals surface area contributed by atoms with Gasteiger partial charge < -0.3 is 8.83 Å². The van der Waals surface area contributed by atoms with Crippen molar-refractivity contribution in [2.24, 2.45) is 0 Å². The summed E-state index contributed by atoms with van der Waals surface area (Å²) in [6, 6.07) is 73.7. The predicted molar refractivity (Wildman–Crippen MR) is 276 cm³/mol. The van der Waals surface area contributed by atoms with Gasteiger partial charge in [-0.2, -0.15) is 0 Å². The molecule has 0 bridgehead atoms. The molecule has 12 aromatic rings. The first kappa shape index (κ1) is 39.9. The summed E-state index contributed by atoms with van der Waals surface area (Å²) >= 11 is 0. The third kappa shape index (κ3) is 6.19. The predicted octanol–water partition coefficient (Wildman–Crippen LogP) is 16.1. The van der Waals surface area contributed by atoms with E-state index >= 15 is 0 Å². The molecule has 1 aliphatic rings. The first-order chi connectivity index (χ1) is 33.6. The van der Waals surface area contributed by atoms with Crippen LogP contribution in [0.2, 0.25) is 0 Å². The van der Waals surface area contributed by atoms with Crippen molar-refractivity contribution >= 4 is 43.9 Å². The van der Waals surface area contributed by atoms with Crippen molar-refractivity contribution in [3.63, 3.8) is 0 Å². The van der Waals surface area contributed by atoms with E-state index in [1.54, 1.807) is 0 Å². The van der Waals surface area contributed by atoms with Crippen molar-refractivity contribution in [1.29, 1.82) is 0 Å². The molecule has 9 aromatic carbocycles. The van der Waals surface area contributed by atoms with E-state index < -0.39 is 5.41 Å². The van der Waals surface area contributed by atoms with Crippen LogP contribution in [0, 0.1) is 6.92 Å². The maximum absolute atomic E-state index is 6.56. The molecular weight excluding hydrogens is 831 g/mol. The molecule has 3 heterocycles. The fourth-order valence-corrected chi connectivity index (χ4v) is 11.2. The van der Waals surface area contributed by atoms with Crippen LogP contribution >= 0.6 is 0 Å². The van der Waals surface area contributed by atoms with E-state index in [0.29, 0.717) is 18.1 Å². The van der Waals surface area contributed by atoms with Crippen LogP contribution in [0.25, 0.3) is 88.9 Å². The van der Waals surface area contributed by atoms with Gasteiger partial charge in [-0.05, 0) is 111 Å². The zero-order chi connectivity index (χ0) is 45.3. The molecule has 13 rings (SSSR count). The van der Waals surface area contributed by atoms with Crippen LogP contribution in [0.1, 0.15) is 58.5 Å². The number of aryl methyl sites for hydroxylation is 1. The standard InChI is InChI=1S/C63H45N3O2/c1-3-40(44-23-10-11-24-45(44)52-38-53-46-25-12-15-30-54(46)63(55(53)35-39(52)2,42-19-6-4-7-20-42)43-21-8-5-9-22-43)37-59-64-61(41-33-34-49-47-26-13-16-31-56(47)67-58(49)36-41)66-62(65-59)51-29-18-28-50-48-27-14-17-32-57(48)68-60(50)51/h4-36,38,40H,3,37H2,1-2H3. The van der Waals surface area contributed by atoms with Crippen molar-refractivity contribution < 1.29 is 8.83 Å². The normalized spacial score (nSPS) is 13.3. The number of furan rings is 2. The Labute approximate surface area is 394 Å². The van der Waals surface area contributed by atoms with Crippen LogP contribution in [0.3, 0.4) is 0 Å². The molecule has 0 radical (unpaired) electrons. The van der Waals surface area contributed by atoms with Crippen LogP contribution in [0.5, 0.6) is 0 Å². The molecule has 3 aromatic heterocycles. The van der Waals surface area contributed by atoms with Crippen molar-refractivity contribution in [3.8, 4) is 45.0 Å². The molecule has 0 amide bonds. The van der Waals surface area contributed by atoms with E-state index in [-0.39, 0.29) is 5.92 Å². The van der Waals surface area contributed by atoms with E-state index in [2.05, 4.69) is 184 Å². The minimum absolute atomic E-state index is 0.0989. The lowest BCUT2D eigenvalue weighted by Crippen LogP contribution is -2.28. The highest BCUT2D eigenvalue weighted by Crippen LogP contribution is 2.57. The zero-order valence-corrected chi connectivity index (χ0v) is 37.8. The summed E-state index contributed by atoms with van der Waals surface area (Å²) in [6.45, 7) is 4.55. The van der Waals surface area contributed by atoms with Crippen molar-refractivity contribution in [1.82, 2.24) is 15.0 Å². The molecule has 1 atom stereocenters. The highest BCUT2D eigenvalue weighted by Gasteiger charge is 2.46. The van der Waals surface area contributed by atoms with Gasteiger partial charge in [-0.1, -0.05) is 177 Å². The van der Waals surface area contributed by atoms with Gasteiger partial charge in [-0.3, -0.25) is 0 Å². The number of para-hydroxylation sites is 3. The molecule has 0 N–H and O–H groups in total. The van der Waals surface area contributed by atoms with E-state index in [0.717, 1.165) is 67.2 Å². The number of fused-ring (bicyclic) bond motifs is 9. The lowest BCUT2D eigenvalue weighted by molar-refractivity contribution is 0.635. The molecule has 0 fully saturated rings. The van der Waals surface area contributed by atoms with Crippen molar-refractivity contribution in [3.05, 3.63) is 245 Å². The Kier molecular flexibility index (Phi) is 9.33. The molecule has 1 aliphatic carbocycles. The van der Waals surface area contributed by atoms with Gasteiger partial charge in [0.2, 0.25) is 0 Å². The number of aromatic nitrogens is 3. The lowest BCUT2D eigenvalue weighted by Gasteiger charge is -2.34. The number of benzene rings is 9. The van der Waals surface area contributed by atoms with Crippen LogP contribution in [-0.2, 0) is 11.8 Å². The van der Waals surface area contributed by atoms with Gasteiger partial charge in [-0.25, -0.2) is 15.0 Å². The fraction of sp³-hybridized carbons (Fsp3) is 0.0952. The third-order valence-electron chi connectivity index (χ3n) is 14.4. The summed E-state index contributed by atoms with van der Waals surface area (Å²) in [5, 5.41) is 4.24. The number of nitrogens with zero attached hydrogens (tertiary/aromatic N) is 3. The van der Waals surface area contributed by atoms with Gasteiger partial charge in [0.15, 0.2) is 11.6 Å².